The number of hydrogen-bond donors (Lipinski definition) is 3. The molecule has 4 nitrogen and oxygen atoms in total. The van der Waals surface area contributed by atoms with Gasteiger partial charge in [0.25, 0.3) is 0 Å². The number of quaternary nitrogens is 2. The summed E-state index contributed by atoms with van der Waals surface area (Å²) in [6.45, 7) is 5.79. The number of anilines is 1. The van der Waals surface area contributed by atoms with Crippen LogP contribution in [0.5, 0.6) is 0 Å². The minimum absolute atomic E-state index is 0.205. The van der Waals surface area contributed by atoms with Crippen LogP contribution in [0.25, 0.3) is 0 Å². The highest BCUT2D eigenvalue weighted by atomic mass is 16.3. The van der Waals surface area contributed by atoms with Gasteiger partial charge in [0.2, 0.25) is 0 Å². The van der Waals surface area contributed by atoms with E-state index in [0.29, 0.717) is 0 Å². The minimum Gasteiger partial charge on any atom is -0.388 e. The summed E-state index contributed by atoms with van der Waals surface area (Å²) in [7, 11) is 4.11. The van der Waals surface area contributed by atoms with Gasteiger partial charge in [0.15, 0.2) is 0 Å². The molecule has 0 bridgehead atoms. The molecular weight excluding hydrogens is 226 g/mol. The van der Waals surface area contributed by atoms with E-state index in [0.717, 1.165) is 26.2 Å². The molecule has 0 heterocycles. The van der Waals surface area contributed by atoms with Crippen LogP contribution in [0.4, 0.5) is 5.69 Å². The summed E-state index contributed by atoms with van der Waals surface area (Å²) >= 11 is 0. The molecule has 1 aromatic carbocycles. The highest BCUT2D eigenvalue weighted by Crippen LogP contribution is 2.11. The summed E-state index contributed by atoms with van der Waals surface area (Å²) in [5.41, 5.74) is 2.60. The smallest absolute Gasteiger partial charge is 0.125 e. The molecule has 0 radical (unpaired) electrons. The fourth-order valence-corrected chi connectivity index (χ4v) is 1.79. The predicted octanol–water partition coefficient (Wildman–Crippen LogP) is -1.24. The summed E-state index contributed by atoms with van der Waals surface area (Å²) in [5.74, 6) is 0. The number of benzene rings is 1. The number of hydrogen-bond acceptors (Lipinski definition) is 2. The quantitative estimate of drug-likeness (QED) is 0.508. The molecular formula is C14H27N3O+2. The molecule has 1 rings (SSSR count). The summed E-state index contributed by atoms with van der Waals surface area (Å²) in [6, 6.07) is 8.68. The van der Waals surface area contributed by atoms with Crippen LogP contribution in [0.1, 0.15) is 12.5 Å². The fourth-order valence-electron chi connectivity index (χ4n) is 1.79. The monoisotopic (exact) mass is 253 g/mol. The van der Waals surface area contributed by atoms with Crippen molar-refractivity contribution in [1.29, 1.82) is 0 Å². The third-order valence-electron chi connectivity index (χ3n) is 2.92. The van der Waals surface area contributed by atoms with E-state index in [2.05, 4.69) is 53.9 Å². The maximum atomic E-state index is 9.11. The number of rotatable bonds is 8. The van der Waals surface area contributed by atoms with Crippen molar-refractivity contribution in [1.82, 2.24) is 0 Å². The maximum absolute atomic E-state index is 9.11. The Labute approximate surface area is 110 Å². The van der Waals surface area contributed by atoms with Crippen molar-refractivity contribution in [3.8, 4) is 0 Å². The first-order valence-electron chi connectivity index (χ1n) is 6.67. The van der Waals surface area contributed by atoms with E-state index in [4.69, 9.17) is 5.11 Å². The Morgan fingerprint density at radius 1 is 1.11 bits per heavy atom. The zero-order valence-corrected chi connectivity index (χ0v) is 11.8. The summed E-state index contributed by atoms with van der Waals surface area (Å²) < 4.78 is 0. The molecule has 0 aliphatic carbocycles. The topological polar surface area (TPSA) is 56.7 Å². The molecule has 1 atom stereocenters. The maximum Gasteiger partial charge on any atom is 0.125 e. The van der Waals surface area contributed by atoms with Gasteiger partial charge in [-0.2, -0.15) is 0 Å². The first-order chi connectivity index (χ1) is 8.59. The van der Waals surface area contributed by atoms with E-state index in [1.165, 1.54) is 11.3 Å². The van der Waals surface area contributed by atoms with Crippen LogP contribution in [0, 0.1) is 0 Å². The van der Waals surface area contributed by atoms with Crippen molar-refractivity contribution >= 4 is 5.69 Å². The lowest BCUT2D eigenvalue weighted by Crippen LogP contribution is -2.95. The van der Waals surface area contributed by atoms with Crippen molar-refractivity contribution in [2.45, 2.75) is 19.6 Å². The molecule has 0 aromatic heterocycles. The SMILES string of the molecule is C[C@H](O)C[NH2+]CC[NH2+]Cc1ccc(N(C)C)cc1. The molecule has 0 aliphatic rings. The second kappa shape index (κ2) is 8.08. The molecule has 102 valence electrons. The molecule has 1 aromatic rings. The van der Waals surface area contributed by atoms with Gasteiger partial charge in [0.05, 0.1) is 6.10 Å². The van der Waals surface area contributed by atoms with Gasteiger partial charge in [-0.25, -0.2) is 0 Å². The number of aliphatic hydroxyl groups is 1. The molecule has 18 heavy (non-hydrogen) atoms. The van der Waals surface area contributed by atoms with E-state index < -0.39 is 0 Å². The second-order valence-corrected chi connectivity index (χ2v) is 5.00. The van der Waals surface area contributed by atoms with Crippen molar-refractivity contribution in [2.24, 2.45) is 0 Å². The van der Waals surface area contributed by atoms with Gasteiger partial charge in [0, 0.05) is 25.3 Å². The van der Waals surface area contributed by atoms with Crippen LogP contribution in [-0.4, -0.2) is 44.9 Å². The van der Waals surface area contributed by atoms with E-state index in [9.17, 15) is 0 Å². The minimum atomic E-state index is -0.205. The van der Waals surface area contributed by atoms with Gasteiger partial charge >= 0.3 is 0 Å². The highest BCUT2D eigenvalue weighted by molar-refractivity contribution is 5.45. The van der Waals surface area contributed by atoms with E-state index >= 15 is 0 Å². The van der Waals surface area contributed by atoms with Crippen LogP contribution >= 0.6 is 0 Å². The fraction of sp³-hybridized carbons (Fsp3) is 0.571. The second-order valence-electron chi connectivity index (χ2n) is 5.00. The summed E-state index contributed by atoms with van der Waals surface area (Å²) in [4.78, 5) is 2.11. The van der Waals surface area contributed by atoms with Gasteiger partial charge in [-0.3, -0.25) is 0 Å². The Hall–Kier alpha value is -1.10. The molecule has 0 fully saturated rings. The van der Waals surface area contributed by atoms with E-state index in [-0.39, 0.29) is 6.10 Å². The molecule has 4 heteroatoms. The molecule has 0 saturated carbocycles. The van der Waals surface area contributed by atoms with Gasteiger partial charge in [0.1, 0.15) is 26.2 Å². The van der Waals surface area contributed by atoms with Crippen molar-refractivity contribution in [2.75, 3.05) is 38.6 Å². The summed E-state index contributed by atoms with van der Waals surface area (Å²) in [5, 5.41) is 13.6. The predicted molar refractivity (Wildman–Crippen MR) is 74.6 cm³/mol. The third-order valence-corrected chi connectivity index (χ3v) is 2.92. The largest absolute Gasteiger partial charge is 0.388 e. The lowest BCUT2D eigenvalue weighted by Gasteiger charge is -2.12. The lowest BCUT2D eigenvalue weighted by atomic mass is 10.2. The Morgan fingerprint density at radius 2 is 1.72 bits per heavy atom. The Kier molecular flexibility index (Phi) is 6.72. The van der Waals surface area contributed by atoms with Crippen LogP contribution < -0.4 is 15.5 Å². The average Bonchev–Trinajstić information content (AvgIpc) is 2.34. The lowest BCUT2D eigenvalue weighted by molar-refractivity contribution is -0.733. The van der Waals surface area contributed by atoms with E-state index in [1.807, 2.05) is 6.92 Å². The molecule has 0 amide bonds. The Morgan fingerprint density at radius 3 is 2.28 bits per heavy atom. The van der Waals surface area contributed by atoms with Crippen LogP contribution in [0.2, 0.25) is 0 Å². The summed E-state index contributed by atoms with van der Waals surface area (Å²) in [6.07, 6.45) is -0.205. The van der Waals surface area contributed by atoms with Gasteiger partial charge in [-0.1, -0.05) is 12.1 Å². The van der Waals surface area contributed by atoms with Crippen LogP contribution in [-0.2, 0) is 6.54 Å². The normalized spacial score (nSPS) is 12.4. The molecule has 0 unspecified atom stereocenters. The van der Waals surface area contributed by atoms with Gasteiger partial charge in [-0.05, 0) is 19.1 Å². The van der Waals surface area contributed by atoms with Crippen LogP contribution in [0.3, 0.4) is 0 Å². The first kappa shape index (κ1) is 15.0. The first-order valence-corrected chi connectivity index (χ1v) is 6.67. The number of aliphatic hydroxyl groups excluding tert-OH is 1. The van der Waals surface area contributed by atoms with E-state index in [1.54, 1.807) is 0 Å². The molecule has 0 saturated heterocycles. The zero-order valence-electron chi connectivity index (χ0n) is 11.8. The highest BCUT2D eigenvalue weighted by Gasteiger charge is 2.00. The zero-order chi connectivity index (χ0) is 13.4. The standard InChI is InChI=1S/C14H25N3O/c1-12(18)10-15-8-9-16-11-13-4-6-14(7-5-13)17(2)3/h4-7,12,15-16,18H,8-11H2,1-3H3/p+2/t12-/m0/s1. The van der Waals surface area contributed by atoms with Crippen molar-refractivity contribution in [3.63, 3.8) is 0 Å². The Balaban J connectivity index is 2.15. The van der Waals surface area contributed by atoms with Crippen molar-refractivity contribution in [3.05, 3.63) is 29.8 Å². The molecule has 5 N–H and O–H groups in total. The number of nitrogens with zero attached hydrogens (tertiary/aromatic N) is 1. The molecule has 0 aliphatic heterocycles. The third kappa shape index (κ3) is 6.00. The van der Waals surface area contributed by atoms with Gasteiger partial charge in [-0.15, -0.1) is 0 Å². The Bertz CT molecular complexity index is 322. The average molecular weight is 253 g/mol. The number of nitrogens with two attached hydrogens (primary N) is 2. The van der Waals surface area contributed by atoms with Crippen LogP contribution in [0.15, 0.2) is 24.3 Å². The van der Waals surface area contributed by atoms with Crippen molar-refractivity contribution < 1.29 is 15.7 Å². The van der Waals surface area contributed by atoms with Gasteiger partial charge < -0.3 is 20.6 Å². The molecule has 0 spiro atoms.